The number of carbonyl (C=O) groups is 2. The highest BCUT2D eigenvalue weighted by Crippen LogP contribution is 2.51. The largest absolute Gasteiger partial charge is 0.383 e. The van der Waals surface area contributed by atoms with Crippen LogP contribution < -0.4 is 5.32 Å². The summed E-state index contributed by atoms with van der Waals surface area (Å²) >= 11 is 3.49. The minimum Gasteiger partial charge on any atom is -0.383 e. The van der Waals surface area contributed by atoms with E-state index in [1.807, 2.05) is 68.7 Å². The van der Waals surface area contributed by atoms with Crippen LogP contribution in [-0.2, 0) is 15.0 Å². The normalized spacial score (nSPS) is 20.7. The monoisotopic (exact) mass is 923 g/mol. The van der Waals surface area contributed by atoms with Gasteiger partial charge in [0.25, 0.3) is 0 Å². The van der Waals surface area contributed by atoms with Crippen LogP contribution in [0, 0.1) is 23.7 Å². The van der Waals surface area contributed by atoms with Crippen LogP contribution in [0.5, 0.6) is 0 Å². The van der Waals surface area contributed by atoms with Crippen LogP contribution in [0.3, 0.4) is 0 Å². The molecule has 2 aromatic heterocycles. The van der Waals surface area contributed by atoms with Crippen LogP contribution in [0.2, 0.25) is 0 Å². The van der Waals surface area contributed by atoms with Gasteiger partial charge in [-0.25, -0.2) is 0 Å². The Labute approximate surface area is 380 Å². The third-order valence-corrected chi connectivity index (χ3v) is 13.7. The van der Waals surface area contributed by atoms with Gasteiger partial charge in [-0.1, -0.05) is 67.2 Å². The quantitative estimate of drug-likeness (QED) is 0.174. The third-order valence-electron chi connectivity index (χ3n) is 11.7. The van der Waals surface area contributed by atoms with Gasteiger partial charge >= 0.3 is 0 Å². The third kappa shape index (κ3) is 15.9. The van der Waals surface area contributed by atoms with Crippen molar-refractivity contribution in [3.63, 3.8) is 0 Å². The van der Waals surface area contributed by atoms with E-state index in [2.05, 4.69) is 87.0 Å². The maximum absolute atomic E-state index is 12.8. The smallest absolute Gasteiger partial charge is 0.175 e. The van der Waals surface area contributed by atoms with Gasteiger partial charge in [0.05, 0.1) is 5.41 Å². The van der Waals surface area contributed by atoms with Crippen LogP contribution in [0.4, 0.5) is 0 Å². The lowest BCUT2D eigenvalue weighted by atomic mass is 9.80. The molecule has 12 heteroatoms. The zero-order valence-corrected chi connectivity index (χ0v) is 42.1. The van der Waals surface area contributed by atoms with Gasteiger partial charge in [-0.05, 0) is 95.6 Å². The Kier molecular flexibility index (Phi) is 21.5. The number of hydrogen-bond acceptors (Lipinski definition) is 10. The molecule has 6 rings (SSSR count). The predicted octanol–water partition coefficient (Wildman–Crippen LogP) is 9.25. The van der Waals surface area contributed by atoms with E-state index in [9.17, 15) is 9.59 Å². The van der Waals surface area contributed by atoms with Crippen LogP contribution >= 0.6 is 24.8 Å². The van der Waals surface area contributed by atoms with Gasteiger partial charge in [-0.15, -0.1) is 0 Å². The van der Waals surface area contributed by atoms with Crippen LogP contribution in [0.1, 0.15) is 116 Å². The van der Waals surface area contributed by atoms with E-state index in [4.69, 9.17) is 0 Å². The topological polar surface area (TPSA) is 88.2 Å². The molecule has 0 radical (unpaired) electrons. The molecule has 1 aliphatic heterocycles. The second-order valence-corrected chi connectivity index (χ2v) is 21.7. The molecule has 1 saturated heterocycles. The Balaban J connectivity index is 0.000000204. The minimum atomic E-state index is -0.258. The first-order valence-electron chi connectivity index (χ1n) is 23.2. The minimum absolute atomic E-state index is 0.186. The summed E-state index contributed by atoms with van der Waals surface area (Å²) in [6.45, 7) is 24.8. The Bertz CT molecular complexity index is 1720. The van der Waals surface area contributed by atoms with E-state index in [-0.39, 0.29) is 17.1 Å². The lowest BCUT2D eigenvalue weighted by Crippen LogP contribution is -2.40. The molecule has 0 aromatic carbocycles. The van der Waals surface area contributed by atoms with E-state index in [0.29, 0.717) is 5.78 Å². The molecule has 2 aromatic rings. The Morgan fingerprint density at radius 3 is 2.03 bits per heavy atom. The first kappa shape index (κ1) is 51.1. The van der Waals surface area contributed by atoms with Crippen molar-refractivity contribution in [2.75, 3.05) is 87.1 Å². The molecule has 1 spiro atoms. The summed E-state index contributed by atoms with van der Waals surface area (Å²) in [4.78, 5) is 40.3. The number of aromatic nitrogens is 2. The highest BCUT2D eigenvalue weighted by molar-refractivity contribution is 9.10. The highest BCUT2D eigenvalue weighted by Gasteiger charge is 2.50. The van der Waals surface area contributed by atoms with Gasteiger partial charge < -0.3 is 20.0 Å². The number of nitrogens with one attached hydrogen (secondary N) is 1. The number of allylic oxidation sites excluding steroid dienone is 2. The van der Waals surface area contributed by atoms with Crippen molar-refractivity contribution < 1.29 is 9.59 Å². The summed E-state index contributed by atoms with van der Waals surface area (Å²) in [5, 5.41) is 3.67. The van der Waals surface area contributed by atoms with Gasteiger partial charge in [-0.2, -0.15) is 0 Å². The number of pyridine rings is 2. The fourth-order valence-corrected chi connectivity index (χ4v) is 11.4. The zero-order chi connectivity index (χ0) is 44.5. The van der Waals surface area contributed by atoms with Crippen LogP contribution in [0.15, 0.2) is 53.8 Å². The van der Waals surface area contributed by atoms with Gasteiger partial charge in [0.15, 0.2) is 11.6 Å². The Hall–Kier alpha value is -2.53. The number of halogens is 1. The second-order valence-electron chi connectivity index (χ2n) is 19.3. The highest BCUT2D eigenvalue weighted by atomic mass is 79.9. The molecule has 1 atom stereocenters. The van der Waals surface area contributed by atoms with Gasteiger partial charge in [-0.3, -0.25) is 28.9 Å². The fourth-order valence-electron chi connectivity index (χ4n) is 9.22. The summed E-state index contributed by atoms with van der Waals surface area (Å²) < 4.78 is 6.25. The van der Waals surface area contributed by atoms with Gasteiger partial charge in [0, 0.05) is 154 Å². The van der Waals surface area contributed by atoms with E-state index in [0.717, 1.165) is 111 Å². The zero-order valence-electron chi connectivity index (χ0n) is 39.5. The molecule has 3 fully saturated rings. The molecule has 340 valence electrons. The van der Waals surface area contributed by atoms with E-state index >= 15 is 0 Å². The molecule has 10 nitrogen and oxygen atoms in total. The van der Waals surface area contributed by atoms with E-state index < -0.39 is 0 Å². The van der Waals surface area contributed by atoms with Crippen molar-refractivity contribution >= 4 is 47.5 Å². The van der Waals surface area contributed by atoms with Crippen molar-refractivity contribution in [2.24, 2.45) is 23.7 Å². The molecule has 3 heterocycles. The van der Waals surface area contributed by atoms with Crippen molar-refractivity contribution in [1.29, 1.82) is 0 Å². The average Bonchev–Trinajstić information content (AvgIpc) is 3.96. The second kappa shape index (κ2) is 25.7. The summed E-state index contributed by atoms with van der Waals surface area (Å²) in [6.07, 6.45) is 20.9. The molecular formula is C49H80BrN8O2P. The Morgan fingerprint density at radius 1 is 0.820 bits per heavy atom. The molecule has 0 amide bonds. The number of ketones is 2. The van der Waals surface area contributed by atoms with Crippen molar-refractivity contribution in [3.8, 4) is 0 Å². The molecular weight excluding hydrogens is 843 g/mol. The summed E-state index contributed by atoms with van der Waals surface area (Å²) in [7, 11) is 8.64. The number of carbonyl (C=O) groups excluding carboxylic acids is 2. The first-order valence-corrected chi connectivity index (χ1v) is 24.9. The fraction of sp³-hybridized carbons (Fsp3) is 0.673. The van der Waals surface area contributed by atoms with Crippen molar-refractivity contribution in [2.45, 2.75) is 105 Å². The maximum atomic E-state index is 12.8. The SMILES string of the molecule is CC(C)CN1CCCN(CC(C)C)PN(CC(C)C)CCNCC1.CN(C)/C=C(/C(=O)C1CCCC1)c1ccncc1Br.CN(C)/C=C1\C(=O)C2(CCCC2)c2cnccc21. The maximum Gasteiger partial charge on any atom is 0.175 e. The first-order chi connectivity index (χ1) is 29.1. The molecule has 0 bridgehead atoms. The van der Waals surface area contributed by atoms with Gasteiger partial charge in [0.1, 0.15) is 0 Å². The number of nitrogens with zero attached hydrogens (tertiary/aromatic N) is 7. The predicted molar refractivity (Wildman–Crippen MR) is 262 cm³/mol. The summed E-state index contributed by atoms with van der Waals surface area (Å²) in [6, 6.07) is 3.88. The number of fused-ring (bicyclic) bond motifs is 2. The number of hydrogen-bond donors (Lipinski definition) is 1. The lowest BCUT2D eigenvalue weighted by molar-refractivity contribution is -0.118. The molecule has 61 heavy (non-hydrogen) atoms. The average molecular weight is 924 g/mol. The summed E-state index contributed by atoms with van der Waals surface area (Å²) in [5.74, 6) is 3.00. The molecule has 1 N–H and O–H groups in total. The lowest BCUT2D eigenvalue weighted by Gasteiger charge is -2.34. The van der Waals surface area contributed by atoms with Crippen molar-refractivity contribution in [3.05, 3.63) is 70.5 Å². The molecule has 3 aliphatic carbocycles. The van der Waals surface area contributed by atoms with Gasteiger partial charge in [0.2, 0.25) is 0 Å². The standard InChI is InChI=1S/C19H43N4P.C15H19BrN2O.C15H18N2O/c1-17(2)14-21-10-7-11-22(15-18(3)4)24-23(16-19(5)6)13-9-20-8-12-21;1-18(2)10-13(12-7-8-17-9-14(12)16)15(19)11-5-3-4-6-11;1-17(2)10-12-11-5-8-16-9-13(11)15(14(12)18)6-3-4-7-15/h17-20,24H,7-16H2,1-6H3;7-11H,3-6H2,1-2H3;5,8-10H,3-4,6-7H2,1-2H3/b;13-10+;12-10-. The summed E-state index contributed by atoms with van der Waals surface area (Å²) in [5.41, 5.74) is 4.56. The molecule has 4 aliphatic rings. The van der Waals surface area contributed by atoms with E-state index in [1.165, 1.54) is 65.1 Å². The van der Waals surface area contributed by atoms with Crippen LogP contribution in [0.25, 0.3) is 11.1 Å². The van der Waals surface area contributed by atoms with Crippen molar-refractivity contribution in [1.82, 2.24) is 39.3 Å². The number of rotatable bonds is 11. The van der Waals surface area contributed by atoms with E-state index in [1.54, 1.807) is 18.6 Å². The number of Topliss-reactive ketones (excluding diaryl/α,β-unsaturated/α-hetero) is 2. The Morgan fingerprint density at radius 2 is 1.43 bits per heavy atom. The van der Waals surface area contributed by atoms with Crippen LogP contribution in [-0.4, -0.2) is 133 Å². The molecule has 2 saturated carbocycles. The molecule has 1 unspecified atom stereocenters.